The SMILES string of the molecule is O=C(O)C(F)(F)F.O=C(c1ccc(CN2C(=O)CN(C(=O)c3ccc(Cl)cn3)Cc3ccccc32)cc1)N1CC=CC1. The van der Waals surface area contributed by atoms with Crippen molar-refractivity contribution in [2.45, 2.75) is 19.3 Å². The van der Waals surface area contributed by atoms with Gasteiger partial charge in [-0.3, -0.25) is 14.4 Å². The molecule has 218 valence electrons. The van der Waals surface area contributed by atoms with Crippen molar-refractivity contribution < 1.29 is 37.5 Å². The predicted molar refractivity (Wildman–Crippen MR) is 147 cm³/mol. The lowest BCUT2D eigenvalue weighted by molar-refractivity contribution is -0.192. The second kappa shape index (κ2) is 12.9. The van der Waals surface area contributed by atoms with Crippen molar-refractivity contribution in [1.29, 1.82) is 0 Å². The maximum absolute atomic E-state index is 13.4. The molecule has 0 aliphatic carbocycles. The van der Waals surface area contributed by atoms with Gasteiger partial charge in [-0.2, -0.15) is 13.2 Å². The van der Waals surface area contributed by atoms with Gasteiger partial charge in [-0.1, -0.05) is 54.1 Å². The van der Waals surface area contributed by atoms with Crippen LogP contribution in [0, 0.1) is 0 Å². The zero-order chi connectivity index (χ0) is 30.4. The Labute approximate surface area is 243 Å². The number of hydrogen-bond acceptors (Lipinski definition) is 5. The fraction of sp³-hybridized carbons (Fsp3) is 0.207. The second-order valence-electron chi connectivity index (χ2n) is 9.31. The number of rotatable bonds is 4. The van der Waals surface area contributed by atoms with Crippen molar-refractivity contribution in [1.82, 2.24) is 14.8 Å². The van der Waals surface area contributed by atoms with E-state index in [4.69, 9.17) is 21.5 Å². The van der Waals surface area contributed by atoms with Crippen LogP contribution in [0.5, 0.6) is 0 Å². The van der Waals surface area contributed by atoms with Crippen molar-refractivity contribution in [3.63, 3.8) is 0 Å². The van der Waals surface area contributed by atoms with E-state index in [9.17, 15) is 27.6 Å². The predicted octanol–water partition coefficient (Wildman–Crippen LogP) is 4.57. The van der Waals surface area contributed by atoms with E-state index in [1.165, 1.54) is 11.1 Å². The van der Waals surface area contributed by atoms with Crippen LogP contribution < -0.4 is 4.90 Å². The molecule has 0 fully saturated rings. The molecule has 13 heteroatoms. The Morgan fingerprint density at radius 3 is 2.12 bits per heavy atom. The number of halogens is 4. The first-order valence-electron chi connectivity index (χ1n) is 12.6. The summed E-state index contributed by atoms with van der Waals surface area (Å²) in [7, 11) is 0. The average molecular weight is 601 g/mol. The molecule has 1 N–H and O–H groups in total. The molecule has 3 aromatic rings. The van der Waals surface area contributed by atoms with E-state index in [2.05, 4.69) is 4.98 Å². The minimum absolute atomic E-state index is 0.0114. The zero-order valence-corrected chi connectivity index (χ0v) is 22.7. The molecule has 1 aromatic heterocycles. The standard InChI is InChI=1S/C27H23ClN4O3.C2HF3O2/c28-22-11-12-23(29-15-22)27(35)31-17-21-5-1-2-6-24(21)32(25(33)18-31)16-19-7-9-20(10-8-19)26(34)30-13-3-4-14-30;3-2(4,5)1(6)7/h1-12,15H,13-14,16-18H2;(H,6,7). The number of hydrogen-bond donors (Lipinski definition) is 1. The number of carboxylic acid groups (broad SMARTS) is 1. The summed E-state index contributed by atoms with van der Waals surface area (Å²) in [6.45, 7) is 1.80. The first kappa shape index (κ1) is 30.3. The van der Waals surface area contributed by atoms with Crippen molar-refractivity contribution in [2.75, 3.05) is 24.5 Å². The van der Waals surface area contributed by atoms with E-state index < -0.39 is 12.1 Å². The molecular weight excluding hydrogens is 577 g/mol. The van der Waals surface area contributed by atoms with E-state index in [1.807, 2.05) is 48.6 Å². The number of aliphatic carboxylic acids is 1. The van der Waals surface area contributed by atoms with Crippen LogP contribution in [-0.4, -0.2) is 69.4 Å². The molecule has 0 spiro atoms. The highest BCUT2D eigenvalue weighted by atomic mass is 35.5. The molecule has 42 heavy (non-hydrogen) atoms. The number of carbonyl (C=O) groups is 4. The van der Waals surface area contributed by atoms with Gasteiger partial charge < -0.3 is 19.8 Å². The number of carbonyl (C=O) groups excluding carboxylic acids is 3. The third-order valence-electron chi connectivity index (χ3n) is 6.39. The molecule has 3 heterocycles. The number of benzene rings is 2. The van der Waals surface area contributed by atoms with Crippen LogP contribution in [0.25, 0.3) is 0 Å². The summed E-state index contributed by atoms with van der Waals surface area (Å²) >= 11 is 5.90. The first-order valence-corrected chi connectivity index (χ1v) is 12.9. The highest BCUT2D eigenvalue weighted by Crippen LogP contribution is 2.28. The molecule has 5 rings (SSSR count). The molecule has 2 aliphatic heterocycles. The van der Waals surface area contributed by atoms with E-state index >= 15 is 0 Å². The van der Waals surface area contributed by atoms with Gasteiger partial charge in [-0.05, 0) is 41.5 Å². The quantitative estimate of drug-likeness (QED) is 0.439. The van der Waals surface area contributed by atoms with Crippen molar-refractivity contribution in [2.24, 2.45) is 0 Å². The third-order valence-corrected chi connectivity index (χ3v) is 6.62. The van der Waals surface area contributed by atoms with Gasteiger partial charge in [-0.25, -0.2) is 9.78 Å². The van der Waals surface area contributed by atoms with Gasteiger partial charge in [0, 0.05) is 37.1 Å². The van der Waals surface area contributed by atoms with Crippen LogP contribution in [0.4, 0.5) is 18.9 Å². The largest absolute Gasteiger partial charge is 0.490 e. The second-order valence-corrected chi connectivity index (χ2v) is 9.75. The minimum Gasteiger partial charge on any atom is -0.475 e. The summed E-state index contributed by atoms with van der Waals surface area (Å²) < 4.78 is 31.7. The van der Waals surface area contributed by atoms with Gasteiger partial charge in [0.05, 0.1) is 11.6 Å². The monoisotopic (exact) mass is 600 g/mol. The maximum atomic E-state index is 13.4. The normalized spacial score (nSPS) is 14.6. The highest BCUT2D eigenvalue weighted by Gasteiger charge is 2.38. The number of aromatic nitrogens is 1. The summed E-state index contributed by atoms with van der Waals surface area (Å²) in [6.07, 6.45) is 0.292. The number of pyridine rings is 1. The van der Waals surface area contributed by atoms with Crippen LogP contribution in [0.3, 0.4) is 0 Å². The van der Waals surface area contributed by atoms with Crippen LogP contribution in [0.1, 0.15) is 32.0 Å². The van der Waals surface area contributed by atoms with Crippen LogP contribution in [0.15, 0.2) is 79.0 Å². The molecule has 2 aromatic carbocycles. The summed E-state index contributed by atoms with van der Waals surface area (Å²) in [5.74, 6) is -3.29. The lowest BCUT2D eigenvalue weighted by atomic mass is 10.1. The fourth-order valence-electron chi connectivity index (χ4n) is 4.30. The molecule has 0 unspecified atom stereocenters. The molecule has 9 nitrogen and oxygen atoms in total. The van der Waals surface area contributed by atoms with Crippen molar-refractivity contribution in [3.05, 3.63) is 106 Å². The lowest BCUT2D eigenvalue weighted by Crippen LogP contribution is -2.40. The average Bonchev–Trinajstić information content (AvgIpc) is 3.47. The van der Waals surface area contributed by atoms with Gasteiger partial charge in [-0.15, -0.1) is 0 Å². The van der Waals surface area contributed by atoms with Crippen LogP contribution >= 0.6 is 11.6 Å². The summed E-state index contributed by atoms with van der Waals surface area (Å²) in [4.78, 5) is 57.1. The molecule has 0 radical (unpaired) electrons. The molecule has 0 saturated carbocycles. The molecule has 2 aliphatic rings. The van der Waals surface area contributed by atoms with E-state index in [1.54, 1.807) is 34.1 Å². The number of para-hydroxylation sites is 1. The Morgan fingerprint density at radius 2 is 1.52 bits per heavy atom. The van der Waals surface area contributed by atoms with Crippen LogP contribution in [-0.2, 0) is 22.7 Å². The number of fused-ring (bicyclic) bond motifs is 1. The lowest BCUT2D eigenvalue weighted by Gasteiger charge is -2.23. The van der Waals surface area contributed by atoms with Gasteiger partial charge >= 0.3 is 12.1 Å². The Morgan fingerprint density at radius 1 is 0.881 bits per heavy atom. The van der Waals surface area contributed by atoms with E-state index in [0.29, 0.717) is 36.8 Å². The first-order chi connectivity index (χ1) is 19.9. The topological polar surface area (TPSA) is 111 Å². The van der Waals surface area contributed by atoms with E-state index in [0.717, 1.165) is 16.8 Å². The maximum Gasteiger partial charge on any atom is 0.490 e. The minimum atomic E-state index is -5.08. The summed E-state index contributed by atoms with van der Waals surface area (Å²) in [5, 5.41) is 7.56. The van der Waals surface area contributed by atoms with Crippen molar-refractivity contribution >= 4 is 41.0 Å². The molecule has 0 saturated heterocycles. The Bertz CT molecular complexity index is 1500. The number of carboxylic acids is 1. The van der Waals surface area contributed by atoms with E-state index in [-0.39, 0.29) is 30.0 Å². The zero-order valence-electron chi connectivity index (χ0n) is 21.9. The van der Waals surface area contributed by atoms with Crippen LogP contribution in [0.2, 0.25) is 5.02 Å². The molecule has 3 amide bonds. The number of alkyl halides is 3. The van der Waals surface area contributed by atoms with Gasteiger partial charge in [0.2, 0.25) is 5.91 Å². The number of nitrogens with zero attached hydrogens (tertiary/aromatic N) is 4. The Kier molecular flexibility index (Phi) is 9.26. The number of anilines is 1. The Hall–Kier alpha value is -4.71. The fourth-order valence-corrected chi connectivity index (χ4v) is 4.41. The highest BCUT2D eigenvalue weighted by molar-refractivity contribution is 6.30. The molecule has 0 atom stereocenters. The third kappa shape index (κ3) is 7.32. The van der Waals surface area contributed by atoms with Crippen molar-refractivity contribution in [3.8, 4) is 0 Å². The van der Waals surface area contributed by atoms with Gasteiger partial charge in [0.15, 0.2) is 0 Å². The summed E-state index contributed by atoms with van der Waals surface area (Å²) in [6, 6.07) is 18.1. The molecular formula is C29H24ClF3N4O5. The summed E-state index contributed by atoms with van der Waals surface area (Å²) in [5.41, 5.74) is 3.38. The van der Waals surface area contributed by atoms with Gasteiger partial charge in [0.1, 0.15) is 12.2 Å². The smallest absolute Gasteiger partial charge is 0.475 e. The molecule has 0 bridgehead atoms. The Balaban J connectivity index is 0.000000517. The number of amides is 3. The van der Waals surface area contributed by atoms with Gasteiger partial charge in [0.25, 0.3) is 11.8 Å².